The second-order valence-electron chi connectivity index (χ2n) is 5.15. The maximum atomic E-state index is 6.36. The van der Waals surface area contributed by atoms with Gasteiger partial charge in [-0.05, 0) is 19.3 Å². The Labute approximate surface area is 95.2 Å². The zero-order chi connectivity index (χ0) is 11.3. The van der Waals surface area contributed by atoms with Gasteiger partial charge in [0.2, 0.25) is 0 Å². The lowest BCUT2D eigenvalue weighted by Crippen LogP contribution is -2.36. The van der Waals surface area contributed by atoms with Crippen LogP contribution in [-0.2, 0) is 4.65 Å². The van der Waals surface area contributed by atoms with Gasteiger partial charge in [-0.15, -0.1) is 19.0 Å². The normalized spacial score (nSPS) is 22.4. The van der Waals surface area contributed by atoms with Gasteiger partial charge in [-0.1, -0.05) is 33.8 Å². The van der Waals surface area contributed by atoms with Gasteiger partial charge in [0, 0.05) is 11.7 Å². The van der Waals surface area contributed by atoms with Crippen LogP contribution in [0.1, 0.15) is 47.0 Å². The van der Waals surface area contributed by atoms with Crippen molar-refractivity contribution in [1.29, 1.82) is 0 Å². The monoisotopic (exact) mass is 209 g/mol. The van der Waals surface area contributed by atoms with Crippen molar-refractivity contribution < 1.29 is 4.65 Å². The minimum atomic E-state index is -0.585. The molecule has 1 rings (SSSR count). The fourth-order valence-corrected chi connectivity index (χ4v) is 2.58. The van der Waals surface area contributed by atoms with E-state index in [-0.39, 0.29) is 0 Å². The largest absolute Gasteiger partial charge is 0.716 e. The Bertz CT molecular complexity index is 210. The van der Waals surface area contributed by atoms with Crippen molar-refractivity contribution >= 4 is 6.35 Å². The maximum Gasteiger partial charge on any atom is 0.163 e. The molecule has 1 nitrogen and oxygen atoms in total. The Hall–Kier alpha value is -0.395. The number of allylic oxidation sites excluding steroid dienone is 2. The molecule has 0 fully saturated rings. The first-order valence-electron chi connectivity index (χ1n) is 6.76. The van der Waals surface area contributed by atoms with Crippen LogP contribution < -0.4 is 0 Å². The van der Waals surface area contributed by atoms with Crippen LogP contribution in [-0.4, -0.2) is 6.35 Å². The Morgan fingerprint density at radius 3 is 2.33 bits per heavy atom. The van der Waals surface area contributed by atoms with Gasteiger partial charge in [-0.3, -0.25) is 0 Å². The van der Waals surface area contributed by atoms with E-state index in [0.29, 0.717) is 5.92 Å². The summed E-state index contributed by atoms with van der Waals surface area (Å²) in [6.07, 6.45) is 9.12. The number of hydrogen-bond donors (Lipinski definition) is 0. The van der Waals surface area contributed by atoms with Crippen LogP contribution in [0.25, 0.3) is 0 Å². The standard InChI is InChI=1S/C13H26BO/c1-5-14(6-2,7-3)15-13-11-9-8-10-12(13)4/h11-12H,5-10H2,1-4H3/q-1. The Kier molecular flexibility index (Phi) is 4.75. The third kappa shape index (κ3) is 3.03. The predicted octanol–water partition coefficient (Wildman–Crippen LogP) is 4.71. The average Bonchev–Trinajstić information content (AvgIpc) is 2.29. The molecular weight excluding hydrogens is 183 g/mol. The van der Waals surface area contributed by atoms with Gasteiger partial charge in [0.25, 0.3) is 0 Å². The summed E-state index contributed by atoms with van der Waals surface area (Å²) < 4.78 is 6.36. The summed E-state index contributed by atoms with van der Waals surface area (Å²) in [5, 5.41) is 0. The van der Waals surface area contributed by atoms with Crippen molar-refractivity contribution in [2.45, 2.75) is 65.9 Å². The van der Waals surface area contributed by atoms with E-state index in [1.807, 2.05) is 0 Å². The fourth-order valence-electron chi connectivity index (χ4n) is 2.58. The summed E-state index contributed by atoms with van der Waals surface area (Å²) in [6.45, 7) is 9.09. The van der Waals surface area contributed by atoms with Crippen molar-refractivity contribution in [2.24, 2.45) is 5.92 Å². The molecule has 2 heteroatoms. The van der Waals surface area contributed by atoms with Crippen LogP contribution in [0.2, 0.25) is 19.0 Å². The summed E-state index contributed by atoms with van der Waals surface area (Å²) >= 11 is 0. The van der Waals surface area contributed by atoms with Crippen molar-refractivity contribution in [1.82, 2.24) is 0 Å². The van der Waals surface area contributed by atoms with Crippen LogP contribution in [0, 0.1) is 5.92 Å². The molecule has 88 valence electrons. The molecule has 0 spiro atoms. The zero-order valence-electron chi connectivity index (χ0n) is 10.9. The molecule has 0 radical (unpaired) electrons. The van der Waals surface area contributed by atoms with E-state index < -0.39 is 6.35 Å². The highest BCUT2D eigenvalue weighted by atomic mass is 16.4. The molecule has 0 aromatic carbocycles. The molecule has 0 heterocycles. The van der Waals surface area contributed by atoms with E-state index in [1.54, 1.807) is 0 Å². The average molecular weight is 209 g/mol. The van der Waals surface area contributed by atoms with Gasteiger partial charge in [0.05, 0.1) is 0 Å². The molecular formula is C13H26BO-. The first-order chi connectivity index (χ1) is 7.17. The summed E-state index contributed by atoms with van der Waals surface area (Å²) in [6, 6.07) is 0. The van der Waals surface area contributed by atoms with E-state index >= 15 is 0 Å². The minimum Gasteiger partial charge on any atom is -0.716 e. The van der Waals surface area contributed by atoms with Gasteiger partial charge in [0.15, 0.2) is 6.35 Å². The van der Waals surface area contributed by atoms with E-state index in [1.165, 1.54) is 44.0 Å². The van der Waals surface area contributed by atoms with Crippen molar-refractivity contribution in [2.75, 3.05) is 0 Å². The van der Waals surface area contributed by atoms with Crippen LogP contribution in [0.3, 0.4) is 0 Å². The lowest BCUT2D eigenvalue weighted by Gasteiger charge is -2.43. The Morgan fingerprint density at radius 1 is 1.27 bits per heavy atom. The number of rotatable bonds is 5. The van der Waals surface area contributed by atoms with Gasteiger partial charge in [0.1, 0.15) is 0 Å². The van der Waals surface area contributed by atoms with Crippen molar-refractivity contribution in [3.05, 3.63) is 11.8 Å². The quantitative estimate of drug-likeness (QED) is 0.595. The molecule has 1 atom stereocenters. The topological polar surface area (TPSA) is 9.23 Å². The summed E-state index contributed by atoms with van der Waals surface area (Å²) in [5.74, 6) is 1.93. The van der Waals surface area contributed by atoms with E-state index in [4.69, 9.17) is 4.65 Å². The molecule has 0 aromatic heterocycles. The molecule has 0 aromatic rings. The highest BCUT2D eigenvalue weighted by molar-refractivity contribution is 6.73. The molecule has 1 aliphatic rings. The highest BCUT2D eigenvalue weighted by Crippen LogP contribution is 2.32. The molecule has 0 bridgehead atoms. The molecule has 0 aliphatic heterocycles. The summed E-state index contributed by atoms with van der Waals surface area (Å²) in [7, 11) is 0. The van der Waals surface area contributed by atoms with Gasteiger partial charge in [-0.2, -0.15) is 0 Å². The van der Waals surface area contributed by atoms with E-state index in [0.717, 1.165) is 0 Å². The first kappa shape index (κ1) is 12.7. The first-order valence-corrected chi connectivity index (χ1v) is 6.76. The third-order valence-corrected chi connectivity index (χ3v) is 4.29. The molecule has 1 aliphatic carbocycles. The second kappa shape index (κ2) is 5.62. The van der Waals surface area contributed by atoms with Crippen molar-refractivity contribution in [3.8, 4) is 0 Å². The van der Waals surface area contributed by atoms with Gasteiger partial charge >= 0.3 is 0 Å². The van der Waals surface area contributed by atoms with Gasteiger partial charge in [-0.25, -0.2) is 0 Å². The lowest BCUT2D eigenvalue weighted by atomic mass is 9.34. The maximum absolute atomic E-state index is 6.36. The summed E-state index contributed by atoms with van der Waals surface area (Å²) in [4.78, 5) is 0. The number of hydrogen-bond acceptors (Lipinski definition) is 1. The van der Waals surface area contributed by atoms with Crippen LogP contribution >= 0.6 is 0 Å². The van der Waals surface area contributed by atoms with Gasteiger partial charge < -0.3 is 4.65 Å². The Balaban J connectivity index is 2.68. The molecule has 0 saturated carbocycles. The van der Waals surface area contributed by atoms with Crippen LogP contribution in [0.5, 0.6) is 0 Å². The van der Waals surface area contributed by atoms with Crippen LogP contribution in [0.4, 0.5) is 0 Å². The Morgan fingerprint density at radius 2 is 1.87 bits per heavy atom. The third-order valence-electron chi connectivity index (χ3n) is 4.29. The van der Waals surface area contributed by atoms with Crippen molar-refractivity contribution in [3.63, 3.8) is 0 Å². The molecule has 0 amide bonds. The SMILES string of the molecule is CC[B-](CC)(CC)OC1=CCCCC1C. The smallest absolute Gasteiger partial charge is 0.163 e. The zero-order valence-corrected chi connectivity index (χ0v) is 10.9. The molecule has 0 saturated heterocycles. The van der Waals surface area contributed by atoms with E-state index in [9.17, 15) is 0 Å². The second-order valence-corrected chi connectivity index (χ2v) is 5.15. The highest BCUT2D eigenvalue weighted by Gasteiger charge is 2.24. The molecule has 1 unspecified atom stereocenters. The predicted molar refractivity (Wildman–Crippen MR) is 69.4 cm³/mol. The van der Waals surface area contributed by atoms with E-state index in [2.05, 4.69) is 33.8 Å². The van der Waals surface area contributed by atoms with Crippen LogP contribution in [0.15, 0.2) is 11.8 Å². The fraction of sp³-hybridized carbons (Fsp3) is 0.846. The summed E-state index contributed by atoms with van der Waals surface area (Å²) in [5.41, 5.74) is 0. The molecule has 0 N–H and O–H groups in total. The lowest BCUT2D eigenvalue weighted by molar-refractivity contribution is 0.315. The minimum absolute atomic E-state index is 0.585. The molecule has 15 heavy (non-hydrogen) atoms.